The highest BCUT2D eigenvalue weighted by molar-refractivity contribution is 6.74. The SMILES string of the molecule is COC(=O)N(CC(O[Si](C)(C)C(C)(C)C)C(=O)O)C1c2ccccc2-c2ccccc21. The second kappa shape index (κ2) is 8.47. The van der Waals surface area contributed by atoms with Crippen molar-refractivity contribution in [1.82, 2.24) is 4.90 Å². The van der Waals surface area contributed by atoms with Gasteiger partial charge < -0.3 is 14.3 Å². The predicted molar refractivity (Wildman–Crippen MR) is 123 cm³/mol. The van der Waals surface area contributed by atoms with E-state index in [1.54, 1.807) is 0 Å². The highest BCUT2D eigenvalue weighted by atomic mass is 28.4. The minimum absolute atomic E-state index is 0.109. The number of carbonyl (C=O) groups excluding carboxylic acids is 1. The van der Waals surface area contributed by atoms with Crippen molar-refractivity contribution in [1.29, 1.82) is 0 Å². The summed E-state index contributed by atoms with van der Waals surface area (Å²) in [5.41, 5.74) is 3.97. The van der Waals surface area contributed by atoms with E-state index in [2.05, 4.69) is 20.8 Å². The Morgan fingerprint density at radius 2 is 1.52 bits per heavy atom. The molecule has 0 aromatic heterocycles. The zero-order valence-electron chi connectivity index (χ0n) is 19.0. The minimum atomic E-state index is -2.39. The first-order chi connectivity index (χ1) is 14.5. The number of carboxylic acids is 1. The van der Waals surface area contributed by atoms with Crippen molar-refractivity contribution in [3.63, 3.8) is 0 Å². The first-order valence-electron chi connectivity index (χ1n) is 10.4. The lowest BCUT2D eigenvalue weighted by Gasteiger charge is -2.40. The summed E-state index contributed by atoms with van der Waals surface area (Å²) in [4.78, 5) is 26.6. The van der Waals surface area contributed by atoms with Gasteiger partial charge in [0.2, 0.25) is 0 Å². The topological polar surface area (TPSA) is 76.1 Å². The molecule has 0 fully saturated rings. The van der Waals surface area contributed by atoms with Gasteiger partial charge in [0.15, 0.2) is 14.4 Å². The average molecular weight is 442 g/mol. The summed E-state index contributed by atoms with van der Waals surface area (Å²) in [6.07, 6.45) is -1.73. The molecule has 2 aromatic carbocycles. The van der Waals surface area contributed by atoms with Gasteiger partial charge in [-0.15, -0.1) is 0 Å². The van der Waals surface area contributed by atoms with Gasteiger partial charge in [0.1, 0.15) is 0 Å². The summed E-state index contributed by atoms with van der Waals surface area (Å²) in [7, 11) is -1.07. The monoisotopic (exact) mass is 441 g/mol. The third-order valence-electron chi connectivity index (χ3n) is 6.40. The molecule has 166 valence electrons. The molecule has 1 atom stereocenters. The fraction of sp³-hybridized carbons (Fsp3) is 0.417. The maximum Gasteiger partial charge on any atom is 0.410 e. The summed E-state index contributed by atoms with van der Waals surface area (Å²) in [5, 5.41) is 9.79. The van der Waals surface area contributed by atoms with Crippen LogP contribution in [0, 0.1) is 0 Å². The van der Waals surface area contributed by atoms with Gasteiger partial charge in [-0.1, -0.05) is 69.3 Å². The number of benzene rings is 2. The number of amides is 1. The number of methoxy groups -OCH3 is 1. The molecule has 1 amide bonds. The Labute approximate surface area is 184 Å². The number of carboxylic acid groups (broad SMARTS) is 1. The molecule has 6 nitrogen and oxygen atoms in total. The highest BCUT2D eigenvalue weighted by Gasteiger charge is 2.43. The smallest absolute Gasteiger partial charge is 0.410 e. The van der Waals surface area contributed by atoms with Crippen LogP contribution in [0.5, 0.6) is 0 Å². The summed E-state index contributed by atoms with van der Waals surface area (Å²) in [5.74, 6) is -1.08. The van der Waals surface area contributed by atoms with Crippen LogP contribution in [0.4, 0.5) is 4.79 Å². The molecule has 0 bridgehead atoms. The quantitative estimate of drug-likeness (QED) is 0.616. The number of aliphatic carboxylic acids is 1. The third-order valence-corrected chi connectivity index (χ3v) is 10.9. The summed E-state index contributed by atoms with van der Waals surface area (Å²) >= 11 is 0. The Hall–Kier alpha value is -2.64. The number of ether oxygens (including phenoxy) is 1. The van der Waals surface area contributed by atoms with E-state index in [0.717, 1.165) is 22.3 Å². The molecule has 0 aliphatic heterocycles. The predicted octanol–water partition coefficient (Wildman–Crippen LogP) is 5.30. The molecule has 31 heavy (non-hydrogen) atoms. The number of hydrogen-bond donors (Lipinski definition) is 1. The standard InChI is InChI=1S/C24H31NO5Si/c1-24(2,3)31(5,6)30-20(22(26)27)15-25(23(28)29-4)21-18-13-9-7-11-16(18)17-12-8-10-14-19(17)21/h7-14,20-21H,15H2,1-6H3,(H,26,27). The van der Waals surface area contributed by atoms with E-state index in [1.165, 1.54) is 12.0 Å². The fourth-order valence-electron chi connectivity index (χ4n) is 3.74. The summed E-state index contributed by atoms with van der Waals surface area (Å²) in [6, 6.07) is 15.3. The molecule has 1 aliphatic rings. The Balaban J connectivity index is 2.03. The van der Waals surface area contributed by atoms with E-state index < -0.39 is 32.5 Å². The van der Waals surface area contributed by atoms with E-state index >= 15 is 0 Å². The van der Waals surface area contributed by atoms with Gasteiger partial charge in [0.25, 0.3) is 0 Å². The Morgan fingerprint density at radius 3 is 1.94 bits per heavy atom. The number of nitrogens with zero attached hydrogens (tertiary/aromatic N) is 1. The van der Waals surface area contributed by atoms with Crippen molar-refractivity contribution in [2.24, 2.45) is 0 Å². The zero-order chi connectivity index (χ0) is 23.0. The molecule has 1 unspecified atom stereocenters. The van der Waals surface area contributed by atoms with Crippen LogP contribution in [-0.2, 0) is 14.0 Å². The van der Waals surface area contributed by atoms with E-state index in [4.69, 9.17) is 9.16 Å². The molecule has 2 aromatic rings. The van der Waals surface area contributed by atoms with Crippen molar-refractivity contribution < 1.29 is 23.9 Å². The molecule has 0 spiro atoms. The molecular weight excluding hydrogens is 410 g/mol. The fourth-order valence-corrected chi connectivity index (χ4v) is 4.98. The van der Waals surface area contributed by atoms with Gasteiger partial charge >= 0.3 is 12.1 Å². The van der Waals surface area contributed by atoms with Crippen LogP contribution in [0.1, 0.15) is 37.9 Å². The number of carbonyl (C=O) groups is 2. The summed E-state index contributed by atoms with van der Waals surface area (Å²) in [6.45, 7) is 10.1. The lowest BCUT2D eigenvalue weighted by atomic mass is 10.0. The largest absolute Gasteiger partial charge is 0.479 e. The van der Waals surface area contributed by atoms with Crippen molar-refractivity contribution in [2.45, 2.75) is 51.0 Å². The van der Waals surface area contributed by atoms with Crippen LogP contribution >= 0.6 is 0 Å². The van der Waals surface area contributed by atoms with Gasteiger partial charge in [-0.05, 0) is 40.4 Å². The average Bonchev–Trinajstić information content (AvgIpc) is 3.04. The van der Waals surface area contributed by atoms with E-state index in [-0.39, 0.29) is 11.6 Å². The lowest BCUT2D eigenvalue weighted by Crippen LogP contribution is -2.51. The van der Waals surface area contributed by atoms with Crippen LogP contribution in [0.25, 0.3) is 11.1 Å². The molecular formula is C24H31NO5Si. The van der Waals surface area contributed by atoms with Gasteiger partial charge in [0.05, 0.1) is 19.7 Å². The lowest BCUT2D eigenvalue weighted by molar-refractivity contribution is -0.146. The second-order valence-electron chi connectivity index (χ2n) is 9.40. The molecule has 0 saturated carbocycles. The van der Waals surface area contributed by atoms with Gasteiger partial charge in [-0.2, -0.15) is 0 Å². The van der Waals surface area contributed by atoms with E-state index in [0.29, 0.717) is 0 Å². The van der Waals surface area contributed by atoms with Crippen LogP contribution < -0.4 is 0 Å². The van der Waals surface area contributed by atoms with Gasteiger partial charge in [0, 0.05) is 0 Å². The zero-order valence-corrected chi connectivity index (χ0v) is 20.0. The van der Waals surface area contributed by atoms with Crippen LogP contribution in [0.15, 0.2) is 48.5 Å². The molecule has 1 N–H and O–H groups in total. The molecule has 0 radical (unpaired) electrons. The van der Waals surface area contributed by atoms with Crippen LogP contribution in [-0.4, -0.2) is 50.1 Å². The normalized spacial score (nSPS) is 14.5. The Kier molecular flexibility index (Phi) is 6.30. The molecule has 1 aliphatic carbocycles. The second-order valence-corrected chi connectivity index (χ2v) is 14.2. The highest BCUT2D eigenvalue weighted by Crippen LogP contribution is 2.46. The van der Waals surface area contributed by atoms with Gasteiger partial charge in [-0.25, -0.2) is 9.59 Å². The van der Waals surface area contributed by atoms with E-state index in [9.17, 15) is 14.7 Å². The molecule has 0 heterocycles. The van der Waals surface area contributed by atoms with Gasteiger partial charge in [-0.3, -0.25) is 4.90 Å². The van der Waals surface area contributed by atoms with Crippen molar-refractivity contribution in [3.05, 3.63) is 59.7 Å². The van der Waals surface area contributed by atoms with Crippen molar-refractivity contribution >= 4 is 20.4 Å². The Morgan fingerprint density at radius 1 is 1.03 bits per heavy atom. The maximum absolute atomic E-state index is 12.9. The van der Waals surface area contributed by atoms with Crippen molar-refractivity contribution in [2.75, 3.05) is 13.7 Å². The Bertz CT molecular complexity index is 936. The molecule has 3 rings (SSSR count). The van der Waals surface area contributed by atoms with Crippen molar-refractivity contribution in [3.8, 4) is 11.1 Å². The van der Waals surface area contributed by atoms with Crippen LogP contribution in [0.3, 0.4) is 0 Å². The number of hydrogen-bond acceptors (Lipinski definition) is 4. The molecule has 7 heteroatoms. The summed E-state index contributed by atoms with van der Waals surface area (Å²) < 4.78 is 11.3. The minimum Gasteiger partial charge on any atom is -0.479 e. The first-order valence-corrected chi connectivity index (χ1v) is 13.3. The number of rotatable bonds is 6. The maximum atomic E-state index is 12.9. The van der Waals surface area contributed by atoms with E-state index in [1.807, 2.05) is 61.6 Å². The first kappa shape index (κ1) is 23.0. The molecule has 0 saturated heterocycles. The van der Waals surface area contributed by atoms with Crippen LogP contribution in [0.2, 0.25) is 18.1 Å². The third kappa shape index (κ3) is 4.38. The number of fused-ring (bicyclic) bond motifs is 3.